The quantitative estimate of drug-likeness (QED) is 0.727. The number of piperazine rings is 2. The van der Waals surface area contributed by atoms with Gasteiger partial charge in [0.15, 0.2) is 0 Å². The number of amides is 2. The highest BCUT2D eigenvalue weighted by molar-refractivity contribution is 5.76. The monoisotopic (exact) mass is 312 g/mol. The minimum atomic E-state index is -0.226. The van der Waals surface area contributed by atoms with Gasteiger partial charge in [0.05, 0.1) is 6.61 Å². The molecule has 0 spiro atoms. The lowest BCUT2D eigenvalue weighted by atomic mass is 10.2. The van der Waals surface area contributed by atoms with Gasteiger partial charge in [0.2, 0.25) is 5.91 Å². The van der Waals surface area contributed by atoms with E-state index < -0.39 is 0 Å². The molecule has 2 aliphatic heterocycles. The van der Waals surface area contributed by atoms with Gasteiger partial charge in [-0.15, -0.1) is 0 Å². The topological polar surface area (TPSA) is 56.3 Å². The van der Waals surface area contributed by atoms with Gasteiger partial charge in [0.1, 0.15) is 0 Å². The molecule has 2 amide bonds. The predicted octanol–water partition coefficient (Wildman–Crippen LogP) is -0.0754. The predicted molar refractivity (Wildman–Crippen MR) is 83.7 cm³/mol. The van der Waals surface area contributed by atoms with Gasteiger partial charge in [-0.25, -0.2) is 4.79 Å². The highest BCUT2D eigenvalue weighted by Gasteiger charge is 2.23. The molecule has 2 heterocycles. The molecule has 0 atom stereocenters. The zero-order valence-corrected chi connectivity index (χ0v) is 13.8. The van der Waals surface area contributed by atoms with Gasteiger partial charge in [-0.1, -0.05) is 0 Å². The van der Waals surface area contributed by atoms with E-state index in [9.17, 15) is 9.59 Å². The van der Waals surface area contributed by atoms with E-state index in [0.29, 0.717) is 26.1 Å². The molecule has 0 aromatic heterocycles. The molecule has 0 radical (unpaired) electrons. The average molecular weight is 312 g/mol. The molecule has 2 aliphatic rings. The van der Waals surface area contributed by atoms with E-state index in [0.717, 1.165) is 45.8 Å². The molecular formula is C15H28N4O3. The summed E-state index contributed by atoms with van der Waals surface area (Å²) in [5, 5.41) is 0. The molecule has 2 fully saturated rings. The summed E-state index contributed by atoms with van der Waals surface area (Å²) in [4.78, 5) is 32.0. The first-order valence-electron chi connectivity index (χ1n) is 8.20. The maximum atomic E-state index is 12.2. The Kier molecular flexibility index (Phi) is 6.45. The van der Waals surface area contributed by atoms with Crippen LogP contribution in [-0.4, -0.2) is 104 Å². The van der Waals surface area contributed by atoms with Crippen LogP contribution in [0.1, 0.15) is 13.3 Å². The average Bonchev–Trinajstić information content (AvgIpc) is 2.54. The van der Waals surface area contributed by atoms with E-state index in [1.165, 1.54) is 0 Å². The summed E-state index contributed by atoms with van der Waals surface area (Å²) in [5.41, 5.74) is 0. The second-order valence-corrected chi connectivity index (χ2v) is 5.96. The number of hydrogen-bond acceptors (Lipinski definition) is 5. The fourth-order valence-electron chi connectivity index (χ4n) is 2.84. The molecule has 0 saturated carbocycles. The smallest absolute Gasteiger partial charge is 0.409 e. The maximum absolute atomic E-state index is 12.2. The van der Waals surface area contributed by atoms with E-state index in [-0.39, 0.29) is 12.0 Å². The van der Waals surface area contributed by atoms with Crippen molar-refractivity contribution in [3.63, 3.8) is 0 Å². The summed E-state index contributed by atoms with van der Waals surface area (Å²) in [6.45, 7) is 9.61. The van der Waals surface area contributed by atoms with Gasteiger partial charge < -0.3 is 19.4 Å². The Morgan fingerprint density at radius 1 is 0.909 bits per heavy atom. The van der Waals surface area contributed by atoms with Crippen molar-refractivity contribution >= 4 is 12.0 Å². The Balaban J connectivity index is 1.64. The normalized spacial score (nSPS) is 21.0. The van der Waals surface area contributed by atoms with E-state index in [4.69, 9.17) is 4.74 Å². The van der Waals surface area contributed by atoms with Gasteiger partial charge >= 0.3 is 6.09 Å². The second kappa shape index (κ2) is 8.33. The minimum Gasteiger partial charge on any atom is -0.450 e. The molecular weight excluding hydrogens is 284 g/mol. The molecule has 7 nitrogen and oxygen atoms in total. The zero-order chi connectivity index (χ0) is 15.9. The molecule has 0 unspecified atom stereocenters. The van der Waals surface area contributed by atoms with E-state index >= 15 is 0 Å². The van der Waals surface area contributed by atoms with Crippen LogP contribution in [0.5, 0.6) is 0 Å². The van der Waals surface area contributed by atoms with Gasteiger partial charge in [-0.3, -0.25) is 9.69 Å². The third-order valence-corrected chi connectivity index (χ3v) is 4.40. The molecule has 0 aliphatic carbocycles. The zero-order valence-electron chi connectivity index (χ0n) is 13.8. The van der Waals surface area contributed by atoms with Crippen molar-refractivity contribution < 1.29 is 14.3 Å². The van der Waals surface area contributed by atoms with Crippen molar-refractivity contribution in [2.45, 2.75) is 13.3 Å². The molecule has 0 aromatic rings. The van der Waals surface area contributed by atoms with Gasteiger partial charge in [0.25, 0.3) is 0 Å². The summed E-state index contributed by atoms with van der Waals surface area (Å²) >= 11 is 0. The van der Waals surface area contributed by atoms with Crippen molar-refractivity contribution in [2.75, 3.05) is 72.6 Å². The number of ether oxygens (including phenoxy) is 1. The highest BCUT2D eigenvalue weighted by Crippen LogP contribution is 2.07. The lowest BCUT2D eigenvalue weighted by molar-refractivity contribution is -0.133. The van der Waals surface area contributed by atoms with Crippen LogP contribution in [0.3, 0.4) is 0 Å². The van der Waals surface area contributed by atoms with Crippen LogP contribution in [0, 0.1) is 0 Å². The van der Waals surface area contributed by atoms with Crippen molar-refractivity contribution in [1.29, 1.82) is 0 Å². The SMILES string of the molecule is CCOC(=O)N1CCN(CCC(=O)N2CCN(C)CC2)CC1. The number of likely N-dealkylation sites (N-methyl/N-ethyl adjacent to an activating group) is 1. The first-order valence-corrected chi connectivity index (χ1v) is 8.20. The Labute approximate surface area is 132 Å². The largest absolute Gasteiger partial charge is 0.450 e. The van der Waals surface area contributed by atoms with E-state index in [2.05, 4.69) is 16.8 Å². The molecule has 126 valence electrons. The van der Waals surface area contributed by atoms with Crippen molar-refractivity contribution in [3.8, 4) is 0 Å². The molecule has 22 heavy (non-hydrogen) atoms. The number of carbonyl (C=O) groups excluding carboxylic acids is 2. The van der Waals surface area contributed by atoms with Crippen LogP contribution in [0.15, 0.2) is 0 Å². The first kappa shape index (κ1) is 17.0. The van der Waals surface area contributed by atoms with Crippen LogP contribution in [0.25, 0.3) is 0 Å². The Hall–Kier alpha value is -1.34. The third-order valence-electron chi connectivity index (χ3n) is 4.40. The Morgan fingerprint density at radius 2 is 1.50 bits per heavy atom. The molecule has 0 bridgehead atoms. The summed E-state index contributed by atoms with van der Waals surface area (Å²) in [6.07, 6.45) is 0.346. The van der Waals surface area contributed by atoms with Crippen LogP contribution in [0.4, 0.5) is 4.79 Å². The number of nitrogens with zero attached hydrogens (tertiary/aromatic N) is 4. The van der Waals surface area contributed by atoms with E-state index in [1.54, 1.807) is 4.90 Å². The van der Waals surface area contributed by atoms with Gasteiger partial charge in [0, 0.05) is 65.3 Å². The Bertz CT molecular complexity index is 375. The molecule has 0 aromatic carbocycles. The second-order valence-electron chi connectivity index (χ2n) is 5.96. The standard InChI is InChI=1S/C15H28N4O3/c1-3-22-15(21)19-12-8-17(9-13-19)5-4-14(20)18-10-6-16(2)7-11-18/h3-13H2,1-2H3. The molecule has 2 saturated heterocycles. The number of rotatable bonds is 4. The first-order chi connectivity index (χ1) is 10.6. The summed E-state index contributed by atoms with van der Waals surface area (Å²) in [5.74, 6) is 0.251. The summed E-state index contributed by atoms with van der Waals surface area (Å²) in [7, 11) is 2.09. The number of hydrogen-bond donors (Lipinski definition) is 0. The molecule has 7 heteroatoms. The maximum Gasteiger partial charge on any atom is 0.409 e. The van der Waals surface area contributed by atoms with Gasteiger partial charge in [-0.05, 0) is 14.0 Å². The van der Waals surface area contributed by atoms with Crippen LogP contribution < -0.4 is 0 Å². The summed E-state index contributed by atoms with van der Waals surface area (Å²) < 4.78 is 5.01. The number of carbonyl (C=O) groups is 2. The lowest BCUT2D eigenvalue weighted by Gasteiger charge is -2.35. The Morgan fingerprint density at radius 3 is 2.09 bits per heavy atom. The fourth-order valence-corrected chi connectivity index (χ4v) is 2.84. The summed E-state index contributed by atoms with van der Waals surface area (Å²) in [6, 6.07) is 0. The minimum absolute atomic E-state index is 0.226. The van der Waals surface area contributed by atoms with E-state index in [1.807, 2.05) is 11.8 Å². The lowest BCUT2D eigenvalue weighted by Crippen LogP contribution is -2.50. The highest BCUT2D eigenvalue weighted by atomic mass is 16.6. The van der Waals surface area contributed by atoms with Crippen molar-refractivity contribution in [3.05, 3.63) is 0 Å². The molecule has 2 rings (SSSR count). The van der Waals surface area contributed by atoms with Crippen LogP contribution in [-0.2, 0) is 9.53 Å². The van der Waals surface area contributed by atoms with Crippen molar-refractivity contribution in [1.82, 2.24) is 19.6 Å². The van der Waals surface area contributed by atoms with Crippen LogP contribution >= 0.6 is 0 Å². The van der Waals surface area contributed by atoms with Crippen LogP contribution in [0.2, 0.25) is 0 Å². The third kappa shape index (κ3) is 4.84. The fraction of sp³-hybridized carbons (Fsp3) is 0.867. The van der Waals surface area contributed by atoms with Crippen molar-refractivity contribution in [2.24, 2.45) is 0 Å². The van der Waals surface area contributed by atoms with Gasteiger partial charge in [-0.2, -0.15) is 0 Å². The molecule has 0 N–H and O–H groups in total.